The van der Waals surface area contributed by atoms with Gasteiger partial charge >= 0.3 is 0 Å². The lowest BCUT2D eigenvalue weighted by atomic mass is 10.1. The Balaban J connectivity index is 1.64. The third-order valence-corrected chi connectivity index (χ3v) is 4.06. The number of rotatable bonds is 5. The molecule has 0 aliphatic heterocycles. The van der Waals surface area contributed by atoms with Gasteiger partial charge in [0.1, 0.15) is 5.76 Å². The van der Waals surface area contributed by atoms with Gasteiger partial charge < -0.3 is 19.7 Å². The summed E-state index contributed by atoms with van der Waals surface area (Å²) >= 11 is 0. The minimum atomic E-state index is -0.320. The van der Waals surface area contributed by atoms with Gasteiger partial charge in [-0.05, 0) is 25.5 Å². The van der Waals surface area contributed by atoms with Crippen molar-refractivity contribution in [3.05, 3.63) is 47.3 Å². The van der Waals surface area contributed by atoms with E-state index < -0.39 is 0 Å². The molecule has 0 fully saturated rings. The highest BCUT2D eigenvalue weighted by Gasteiger charge is 2.18. The van der Waals surface area contributed by atoms with Gasteiger partial charge in [-0.2, -0.15) is 0 Å². The van der Waals surface area contributed by atoms with Crippen molar-refractivity contribution in [3.8, 4) is 0 Å². The number of fused-ring (bicyclic) bond motifs is 1. The summed E-state index contributed by atoms with van der Waals surface area (Å²) in [5.41, 5.74) is 2.93. The Bertz CT molecular complexity index is 925. The Kier molecular flexibility index (Phi) is 4.56. The summed E-state index contributed by atoms with van der Waals surface area (Å²) in [6.07, 6.45) is 0.239. The van der Waals surface area contributed by atoms with E-state index in [1.165, 1.54) is 4.90 Å². The predicted molar refractivity (Wildman–Crippen MR) is 94.2 cm³/mol. The molecule has 3 aromatic rings. The Morgan fingerprint density at radius 3 is 2.76 bits per heavy atom. The number of aryl methyl sites for hydroxylation is 2. The van der Waals surface area contributed by atoms with Crippen molar-refractivity contribution in [1.82, 2.24) is 15.0 Å². The summed E-state index contributed by atoms with van der Waals surface area (Å²) in [4.78, 5) is 29.2. The van der Waals surface area contributed by atoms with E-state index >= 15 is 0 Å². The third kappa shape index (κ3) is 3.71. The first-order valence-electron chi connectivity index (χ1n) is 7.97. The molecule has 7 heteroatoms. The summed E-state index contributed by atoms with van der Waals surface area (Å²) in [6.45, 7) is 3.64. The normalized spacial score (nSPS) is 10.8. The maximum atomic E-state index is 12.5. The highest BCUT2D eigenvalue weighted by Crippen LogP contribution is 2.22. The van der Waals surface area contributed by atoms with Gasteiger partial charge in [-0.15, -0.1) is 0 Å². The molecular weight excluding hydrogens is 320 g/mol. The van der Waals surface area contributed by atoms with Crippen LogP contribution in [-0.4, -0.2) is 40.4 Å². The lowest BCUT2D eigenvalue weighted by Crippen LogP contribution is -2.35. The van der Waals surface area contributed by atoms with Crippen LogP contribution < -0.4 is 5.32 Å². The van der Waals surface area contributed by atoms with E-state index in [-0.39, 0.29) is 24.8 Å². The molecule has 0 bridgehead atoms. The molecule has 25 heavy (non-hydrogen) atoms. The lowest BCUT2D eigenvalue weighted by molar-refractivity contribution is -0.132. The fraction of sp³-hybridized carbons (Fsp3) is 0.278. The minimum absolute atomic E-state index is 0.0495. The first-order chi connectivity index (χ1) is 11.9. The molecule has 2 aromatic heterocycles. The number of amides is 2. The Morgan fingerprint density at radius 2 is 2.04 bits per heavy atom. The zero-order valence-electron chi connectivity index (χ0n) is 14.4. The second-order valence-electron chi connectivity index (χ2n) is 6.07. The van der Waals surface area contributed by atoms with Crippen molar-refractivity contribution in [2.75, 3.05) is 18.9 Å². The number of carbonyl (C=O) groups is 2. The first kappa shape index (κ1) is 16.8. The quantitative estimate of drug-likeness (QED) is 0.746. The molecular formula is C18H20N4O3. The van der Waals surface area contributed by atoms with E-state index in [1.807, 2.05) is 31.2 Å². The Labute approximate surface area is 145 Å². The third-order valence-electron chi connectivity index (χ3n) is 4.06. The number of nitrogens with zero attached hydrogens (tertiary/aromatic N) is 2. The SMILES string of the molecule is Cc1cc(NC(=O)CN(C)C(=O)Cc2c(C)[nH]c3ccccc23)no1. The van der Waals surface area contributed by atoms with Gasteiger partial charge in [-0.3, -0.25) is 9.59 Å². The number of benzene rings is 1. The van der Waals surface area contributed by atoms with Crippen molar-refractivity contribution >= 4 is 28.5 Å². The topological polar surface area (TPSA) is 91.2 Å². The fourth-order valence-electron chi connectivity index (χ4n) is 2.76. The monoisotopic (exact) mass is 340 g/mol. The smallest absolute Gasteiger partial charge is 0.245 e. The molecule has 130 valence electrons. The van der Waals surface area contributed by atoms with Crippen molar-refractivity contribution < 1.29 is 14.1 Å². The largest absolute Gasteiger partial charge is 0.360 e. The van der Waals surface area contributed by atoms with Gasteiger partial charge in [-0.1, -0.05) is 23.4 Å². The molecule has 3 rings (SSSR count). The van der Waals surface area contributed by atoms with Crippen LogP contribution in [0.4, 0.5) is 5.82 Å². The van der Waals surface area contributed by atoms with Gasteiger partial charge in [0.25, 0.3) is 0 Å². The molecule has 0 aliphatic rings. The maximum absolute atomic E-state index is 12.5. The number of hydrogen-bond donors (Lipinski definition) is 2. The summed E-state index contributed by atoms with van der Waals surface area (Å²) in [6, 6.07) is 9.48. The molecule has 7 nitrogen and oxygen atoms in total. The summed E-state index contributed by atoms with van der Waals surface area (Å²) in [5, 5.41) is 7.34. The number of H-pyrrole nitrogens is 1. The number of hydrogen-bond acceptors (Lipinski definition) is 4. The first-order valence-corrected chi connectivity index (χ1v) is 7.97. The maximum Gasteiger partial charge on any atom is 0.245 e. The summed E-state index contributed by atoms with van der Waals surface area (Å²) in [7, 11) is 1.61. The standard InChI is InChI=1S/C18H20N4O3/c1-11-8-16(21-25-11)20-17(23)10-22(3)18(24)9-14-12(2)19-15-7-5-4-6-13(14)15/h4-8,19H,9-10H2,1-3H3,(H,20,21,23). The second-order valence-corrected chi connectivity index (χ2v) is 6.07. The highest BCUT2D eigenvalue weighted by molar-refractivity contribution is 5.95. The van der Waals surface area contributed by atoms with Crippen LogP contribution in [-0.2, 0) is 16.0 Å². The molecule has 0 spiro atoms. The molecule has 1 aromatic carbocycles. The van der Waals surface area contributed by atoms with Crippen LogP contribution >= 0.6 is 0 Å². The zero-order valence-corrected chi connectivity index (χ0v) is 14.4. The van der Waals surface area contributed by atoms with Crippen molar-refractivity contribution in [3.63, 3.8) is 0 Å². The van der Waals surface area contributed by atoms with Crippen LogP contribution in [0.15, 0.2) is 34.9 Å². The molecule has 0 radical (unpaired) electrons. The van der Waals surface area contributed by atoms with Gasteiger partial charge in [0.05, 0.1) is 13.0 Å². The number of aromatic amines is 1. The average Bonchev–Trinajstić information content (AvgIpc) is 3.10. The number of para-hydroxylation sites is 1. The van der Waals surface area contributed by atoms with Crippen LogP contribution in [0.2, 0.25) is 0 Å². The van der Waals surface area contributed by atoms with Crippen molar-refractivity contribution in [2.45, 2.75) is 20.3 Å². The van der Waals surface area contributed by atoms with Crippen LogP contribution in [0.1, 0.15) is 17.0 Å². The number of aromatic nitrogens is 2. The summed E-state index contributed by atoms with van der Waals surface area (Å²) in [5.74, 6) is 0.504. The molecule has 0 saturated carbocycles. The van der Waals surface area contributed by atoms with Gasteiger partial charge in [0.15, 0.2) is 5.82 Å². The van der Waals surface area contributed by atoms with E-state index in [0.29, 0.717) is 11.6 Å². The van der Waals surface area contributed by atoms with Crippen LogP contribution in [0.3, 0.4) is 0 Å². The van der Waals surface area contributed by atoms with Crippen LogP contribution in [0, 0.1) is 13.8 Å². The van der Waals surface area contributed by atoms with E-state index in [9.17, 15) is 9.59 Å². The molecule has 2 heterocycles. The van der Waals surface area contributed by atoms with Crippen molar-refractivity contribution in [1.29, 1.82) is 0 Å². The molecule has 2 N–H and O–H groups in total. The zero-order chi connectivity index (χ0) is 18.0. The fourth-order valence-corrected chi connectivity index (χ4v) is 2.76. The van der Waals surface area contributed by atoms with Crippen molar-refractivity contribution in [2.24, 2.45) is 0 Å². The van der Waals surface area contributed by atoms with Gasteiger partial charge in [0, 0.05) is 29.7 Å². The van der Waals surface area contributed by atoms with Gasteiger partial charge in [0.2, 0.25) is 11.8 Å². The number of likely N-dealkylation sites (N-methyl/N-ethyl adjacent to an activating group) is 1. The number of anilines is 1. The van der Waals surface area contributed by atoms with E-state index in [2.05, 4.69) is 15.5 Å². The molecule has 0 atom stereocenters. The molecule has 0 aliphatic carbocycles. The molecule has 0 unspecified atom stereocenters. The van der Waals surface area contributed by atoms with E-state index in [0.717, 1.165) is 22.2 Å². The molecule has 0 saturated heterocycles. The van der Waals surface area contributed by atoms with Gasteiger partial charge in [-0.25, -0.2) is 0 Å². The predicted octanol–water partition coefficient (Wildman–Crippen LogP) is 2.41. The number of nitrogens with one attached hydrogen (secondary N) is 2. The number of carbonyl (C=O) groups excluding carboxylic acids is 2. The van der Waals surface area contributed by atoms with Crippen LogP contribution in [0.25, 0.3) is 10.9 Å². The Morgan fingerprint density at radius 1 is 1.28 bits per heavy atom. The van der Waals surface area contributed by atoms with Crippen LogP contribution in [0.5, 0.6) is 0 Å². The summed E-state index contributed by atoms with van der Waals surface area (Å²) < 4.78 is 4.89. The lowest BCUT2D eigenvalue weighted by Gasteiger charge is -2.16. The average molecular weight is 340 g/mol. The van der Waals surface area contributed by atoms with E-state index in [4.69, 9.17) is 4.52 Å². The van der Waals surface area contributed by atoms with E-state index in [1.54, 1.807) is 20.0 Å². The Hall–Kier alpha value is -3.09. The molecule has 2 amide bonds. The highest BCUT2D eigenvalue weighted by atomic mass is 16.5. The minimum Gasteiger partial charge on any atom is -0.360 e. The second kappa shape index (κ2) is 6.80.